The summed E-state index contributed by atoms with van der Waals surface area (Å²) in [5.74, 6) is -0.0369. The number of hydrogen-bond acceptors (Lipinski definition) is 2. The molecule has 0 bridgehead atoms. The number of amides is 1. The van der Waals surface area contributed by atoms with Crippen molar-refractivity contribution in [2.24, 2.45) is 0 Å². The number of nitrogens with one attached hydrogen (secondary N) is 1. The van der Waals surface area contributed by atoms with Gasteiger partial charge in [-0.2, -0.15) is 0 Å². The number of rotatable bonds is 4. The van der Waals surface area contributed by atoms with Gasteiger partial charge in [-0.05, 0) is 31.9 Å². The minimum atomic E-state index is -0.690. The molecule has 1 aliphatic carbocycles. The Balaban J connectivity index is 1.84. The topological polar surface area (TPSA) is 54.3 Å². The standard InChI is InChI=1S/C14H22N2O2/c1-12(16-9-5-6-10-16)13(17)15-11-14(18)7-3-2-4-8-14/h5-6,9-10,12,18H,2-4,7-8,11H2,1H3,(H,15,17). The largest absolute Gasteiger partial charge is 0.388 e. The van der Waals surface area contributed by atoms with Gasteiger partial charge in [0.15, 0.2) is 0 Å². The molecule has 1 aromatic heterocycles. The predicted octanol–water partition coefficient (Wildman–Crippen LogP) is 1.86. The lowest BCUT2D eigenvalue weighted by molar-refractivity contribution is -0.125. The van der Waals surface area contributed by atoms with Gasteiger partial charge in [-0.3, -0.25) is 4.79 Å². The van der Waals surface area contributed by atoms with Crippen LogP contribution in [0.2, 0.25) is 0 Å². The molecule has 4 heteroatoms. The number of carbonyl (C=O) groups is 1. The van der Waals surface area contributed by atoms with E-state index in [9.17, 15) is 9.90 Å². The van der Waals surface area contributed by atoms with E-state index in [4.69, 9.17) is 0 Å². The lowest BCUT2D eigenvalue weighted by atomic mass is 9.85. The molecule has 1 amide bonds. The molecule has 1 fully saturated rings. The van der Waals surface area contributed by atoms with Crippen molar-refractivity contribution < 1.29 is 9.90 Å². The Morgan fingerprint density at radius 3 is 2.56 bits per heavy atom. The Morgan fingerprint density at radius 2 is 1.94 bits per heavy atom. The Hall–Kier alpha value is -1.29. The lowest BCUT2D eigenvalue weighted by Gasteiger charge is -2.32. The SMILES string of the molecule is CC(C(=O)NCC1(O)CCCCC1)n1cccc1. The number of hydrogen-bond donors (Lipinski definition) is 2. The molecular formula is C14H22N2O2. The van der Waals surface area contributed by atoms with Crippen molar-refractivity contribution in [3.05, 3.63) is 24.5 Å². The first-order valence-electron chi connectivity index (χ1n) is 6.73. The molecule has 4 nitrogen and oxygen atoms in total. The van der Waals surface area contributed by atoms with Crippen molar-refractivity contribution in [1.29, 1.82) is 0 Å². The van der Waals surface area contributed by atoms with Gasteiger partial charge >= 0.3 is 0 Å². The van der Waals surface area contributed by atoms with Gasteiger partial charge in [0, 0.05) is 18.9 Å². The Kier molecular flexibility index (Phi) is 4.07. The van der Waals surface area contributed by atoms with Gasteiger partial charge in [-0.25, -0.2) is 0 Å². The maximum Gasteiger partial charge on any atom is 0.242 e. The van der Waals surface area contributed by atoms with E-state index in [1.165, 1.54) is 6.42 Å². The molecule has 0 aliphatic heterocycles. The lowest BCUT2D eigenvalue weighted by Crippen LogP contribution is -2.45. The van der Waals surface area contributed by atoms with Crippen molar-refractivity contribution in [3.8, 4) is 0 Å². The quantitative estimate of drug-likeness (QED) is 0.857. The predicted molar refractivity (Wildman–Crippen MR) is 70.2 cm³/mol. The second-order valence-corrected chi connectivity index (χ2v) is 5.31. The second kappa shape index (κ2) is 5.57. The first-order chi connectivity index (χ1) is 8.61. The number of aromatic nitrogens is 1. The van der Waals surface area contributed by atoms with E-state index >= 15 is 0 Å². The molecule has 18 heavy (non-hydrogen) atoms. The fourth-order valence-corrected chi connectivity index (χ4v) is 2.53. The van der Waals surface area contributed by atoms with E-state index in [2.05, 4.69) is 5.32 Å². The normalized spacial score (nSPS) is 20.3. The second-order valence-electron chi connectivity index (χ2n) is 5.31. The van der Waals surface area contributed by atoms with Crippen molar-refractivity contribution in [2.45, 2.75) is 50.7 Å². The van der Waals surface area contributed by atoms with Crippen LogP contribution in [-0.4, -0.2) is 27.7 Å². The van der Waals surface area contributed by atoms with E-state index in [1.54, 1.807) is 0 Å². The van der Waals surface area contributed by atoms with E-state index in [-0.39, 0.29) is 11.9 Å². The van der Waals surface area contributed by atoms with Crippen molar-refractivity contribution in [1.82, 2.24) is 9.88 Å². The number of aliphatic hydroxyl groups is 1. The summed E-state index contributed by atoms with van der Waals surface area (Å²) in [5, 5.41) is 13.2. The third kappa shape index (κ3) is 3.13. The summed E-state index contributed by atoms with van der Waals surface area (Å²) in [6, 6.07) is 3.57. The Bertz CT molecular complexity index is 381. The van der Waals surface area contributed by atoms with Crippen LogP contribution >= 0.6 is 0 Å². The summed E-state index contributed by atoms with van der Waals surface area (Å²) in [7, 11) is 0. The molecule has 0 aromatic carbocycles. The molecule has 2 rings (SSSR count). The van der Waals surface area contributed by atoms with Gasteiger partial charge in [0.1, 0.15) is 6.04 Å². The molecule has 1 aliphatic rings. The highest BCUT2D eigenvalue weighted by molar-refractivity contribution is 5.79. The first kappa shape index (κ1) is 13.1. The smallest absolute Gasteiger partial charge is 0.242 e. The molecule has 1 saturated carbocycles. The van der Waals surface area contributed by atoms with Gasteiger partial charge in [0.2, 0.25) is 5.91 Å². The molecule has 1 atom stereocenters. The highest BCUT2D eigenvalue weighted by atomic mass is 16.3. The zero-order valence-electron chi connectivity index (χ0n) is 10.9. The van der Waals surface area contributed by atoms with Crippen LogP contribution < -0.4 is 5.32 Å². The summed E-state index contributed by atoms with van der Waals surface area (Å²) in [6.07, 6.45) is 8.64. The molecule has 100 valence electrons. The molecule has 1 unspecified atom stereocenters. The fraction of sp³-hybridized carbons (Fsp3) is 0.643. The van der Waals surface area contributed by atoms with Crippen molar-refractivity contribution in [2.75, 3.05) is 6.54 Å². The third-order valence-corrected chi connectivity index (χ3v) is 3.83. The average molecular weight is 250 g/mol. The number of carbonyl (C=O) groups excluding carboxylic acids is 1. The molecular weight excluding hydrogens is 228 g/mol. The van der Waals surface area contributed by atoms with Crippen LogP contribution in [0.4, 0.5) is 0 Å². The van der Waals surface area contributed by atoms with Gasteiger partial charge < -0.3 is 15.0 Å². The van der Waals surface area contributed by atoms with Crippen LogP contribution in [-0.2, 0) is 4.79 Å². The van der Waals surface area contributed by atoms with Gasteiger partial charge in [0.25, 0.3) is 0 Å². The maximum atomic E-state index is 12.0. The molecule has 2 N–H and O–H groups in total. The van der Waals surface area contributed by atoms with Crippen LogP contribution in [0, 0.1) is 0 Å². The summed E-state index contributed by atoms with van der Waals surface area (Å²) >= 11 is 0. The highest BCUT2D eigenvalue weighted by Crippen LogP contribution is 2.27. The van der Waals surface area contributed by atoms with Crippen LogP contribution in [0.15, 0.2) is 24.5 Å². The van der Waals surface area contributed by atoms with Crippen LogP contribution in [0.1, 0.15) is 45.1 Å². The summed E-state index contributed by atoms with van der Waals surface area (Å²) in [5.41, 5.74) is -0.690. The van der Waals surface area contributed by atoms with Crippen LogP contribution in [0.5, 0.6) is 0 Å². The third-order valence-electron chi connectivity index (χ3n) is 3.83. The summed E-state index contributed by atoms with van der Waals surface area (Å²) < 4.78 is 1.86. The first-order valence-corrected chi connectivity index (χ1v) is 6.73. The Labute approximate surface area is 108 Å². The molecule has 0 spiro atoms. The minimum absolute atomic E-state index is 0.0369. The molecule has 0 radical (unpaired) electrons. The van der Waals surface area contributed by atoms with E-state index in [0.717, 1.165) is 25.7 Å². The maximum absolute atomic E-state index is 12.0. The van der Waals surface area contributed by atoms with Crippen LogP contribution in [0.3, 0.4) is 0 Å². The fourth-order valence-electron chi connectivity index (χ4n) is 2.53. The van der Waals surface area contributed by atoms with E-state index in [1.807, 2.05) is 36.0 Å². The van der Waals surface area contributed by atoms with Gasteiger partial charge in [-0.15, -0.1) is 0 Å². The van der Waals surface area contributed by atoms with Gasteiger partial charge in [-0.1, -0.05) is 19.3 Å². The zero-order valence-corrected chi connectivity index (χ0v) is 10.9. The molecule has 1 heterocycles. The van der Waals surface area contributed by atoms with Crippen molar-refractivity contribution >= 4 is 5.91 Å². The average Bonchev–Trinajstić information content (AvgIpc) is 2.90. The van der Waals surface area contributed by atoms with Gasteiger partial charge in [0.05, 0.1) is 5.60 Å². The van der Waals surface area contributed by atoms with E-state index in [0.29, 0.717) is 6.54 Å². The monoisotopic (exact) mass is 250 g/mol. The molecule has 1 aromatic rings. The number of nitrogens with zero attached hydrogens (tertiary/aromatic N) is 1. The highest BCUT2D eigenvalue weighted by Gasteiger charge is 2.30. The van der Waals surface area contributed by atoms with E-state index < -0.39 is 5.60 Å². The molecule has 0 saturated heterocycles. The van der Waals surface area contributed by atoms with Crippen molar-refractivity contribution in [3.63, 3.8) is 0 Å². The zero-order chi connectivity index (χ0) is 13.0. The Morgan fingerprint density at radius 1 is 1.33 bits per heavy atom. The summed E-state index contributed by atoms with van der Waals surface area (Å²) in [4.78, 5) is 12.0. The summed E-state index contributed by atoms with van der Waals surface area (Å²) in [6.45, 7) is 2.23. The minimum Gasteiger partial charge on any atom is -0.388 e. The van der Waals surface area contributed by atoms with Crippen LogP contribution in [0.25, 0.3) is 0 Å².